The Hall–Kier alpha value is -1.45. The van der Waals surface area contributed by atoms with E-state index in [2.05, 4.69) is 4.98 Å². The van der Waals surface area contributed by atoms with Crippen molar-refractivity contribution in [2.45, 2.75) is 13.0 Å². The molecule has 17 heavy (non-hydrogen) atoms. The van der Waals surface area contributed by atoms with Crippen molar-refractivity contribution >= 4 is 11.6 Å². The van der Waals surface area contributed by atoms with Crippen molar-refractivity contribution in [3.63, 3.8) is 0 Å². The lowest BCUT2D eigenvalue weighted by Crippen LogP contribution is -2.02. The Labute approximate surface area is 104 Å². The van der Waals surface area contributed by atoms with Crippen molar-refractivity contribution in [1.29, 1.82) is 0 Å². The van der Waals surface area contributed by atoms with E-state index >= 15 is 0 Å². The molecule has 1 heterocycles. The number of aliphatic hydroxyl groups excluding tert-OH is 1. The van der Waals surface area contributed by atoms with Gasteiger partial charge in [-0.3, -0.25) is 4.98 Å². The summed E-state index contributed by atoms with van der Waals surface area (Å²) in [4.78, 5) is 4.08. The molecular formula is C13H11ClFNO. The highest BCUT2D eigenvalue weighted by atomic mass is 35.5. The summed E-state index contributed by atoms with van der Waals surface area (Å²) in [6.45, 7) is 1.85. The Bertz CT molecular complexity index is 527. The number of rotatable bonds is 2. The zero-order chi connectivity index (χ0) is 12.4. The third-order valence-corrected chi connectivity index (χ3v) is 2.92. The van der Waals surface area contributed by atoms with Crippen molar-refractivity contribution in [2.75, 3.05) is 0 Å². The van der Waals surface area contributed by atoms with Gasteiger partial charge in [-0.2, -0.15) is 0 Å². The minimum Gasteiger partial charge on any atom is -0.384 e. The molecule has 0 bridgehead atoms. The van der Waals surface area contributed by atoms with Crippen molar-refractivity contribution < 1.29 is 9.50 Å². The predicted molar refractivity (Wildman–Crippen MR) is 64.4 cm³/mol. The number of hydrogen-bond acceptors (Lipinski definition) is 2. The molecule has 0 radical (unpaired) electrons. The van der Waals surface area contributed by atoms with Crippen LogP contribution in [0.25, 0.3) is 0 Å². The van der Waals surface area contributed by atoms with Crippen molar-refractivity contribution in [2.24, 2.45) is 0 Å². The standard InChI is InChI=1S/C13H11ClFNO/c1-8-5-6-9(7-16-8)13(17)10-3-2-4-11(15)12(10)14/h2-7,13,17H,1H3. The molecule has 2 rings (SSSR count). The van der Waals surface area contributed by atoms with E-state index in [1.807, 2.05) is 6.92 Å². The fourth-order valence-electron chi connectivity index (χ4n) is 1.55. The van der Waals surface area contributed by atoms with E-state index in [9.17, 15) is 9.50 Å². The van der Waals surface area contributed by atoms with Crippen LogP contribution in [0, 0.1) is 12.7 Å². The Morgan fingerprint density at radius 2 is 2.06 bits per heavy atom. The summed E-state index contributed by atoms with van der Waals surface area (Å²) in [5, 5.41) is 10.0. The second kappa shape index (κ2) is 4.82. The molecule has 88 valence electrons. The van der Waals surface area contributed by atoms with Crippen LogP contribution in [0.5, 0.6) is 0 Å². The zero-order valence-corrected chi connectivity index (χ0v) is 9.95. The van der Waals surface area contributed by atoms with Crippen molar-refractivity contribution in [1.82, 2.24) is 4.98 Å². The largest absolute Gasteiger partial charge is 0.384 e. The average Bonchev–Trinajstić information content (AvgIpc) is 2.33. The highest BCUT2D eigenvalue weighted by Crippen LogP contribution is 2.29. The Balaban J connectivity index is 2.40. The molecule has 0 amide bonds. The normalized spacial score (nSPS) is 12.5. The minimum atomic E-state index is -0.966. The fourth-order valence-corrected chi connectivity index (χ4v) is 1.78. The van der Waals surface area contributed by atoms with E-state index in [0.717, 1.165) is 5.69 Å². The SMILES string of the molecule is Cc1ccc(C(O)c2cccc(F)c2Cl)cn1. The zero-order valence-electron chi connectivity index (χ0n) is 9.19. The third-order valence-electron chi connectivity index (χ3n) is 2.53. The van der Waals surface area contributed by atoms with Crippen LogP contribution in [0.1, 0.15) is 22.9 Å². The molecule has 1 N–H and O–H groups in total. The molecule has 0 aliphatic carbocycles. The van der Waals surface area contributed by atoms with Crippen LogP contribution in [0.15, 0.2) is 36.5 Å². The molecule has 1 aromatic heterocycles. The van der Waals surface area contributed by atoms with Crippen molar-refractivity contribution in [3.05, 3.63) is 64.2 Å². The van der Waals surface area contributed by atoms with E-state index in [-0.39, 0.29) is 5.02 Å². The van der Waals surface area contributed by atoms with Crippen LogP contribution in [0.2, 0.25) is 5.02 Å². The summed E-state index contributed by atoms with van der Waals surface area (Å²) >= 11 is 5.81. The van der Waals surface area contributed by atoms with E-state index in [1.165, 1.54) is 12.1 Å². The first-order valence-electron chi connectivity index (χ1n) is 5.14. The van der Waals surface area contributed by atoms with Crippen LogP contribution in [-0.4, -0.2) is 10.1 Å². The minimum absolute atomic E-state index is 0.0550. The van der Waals surface area contributed by atoms with Gasteiger partial charge in [-0.25, -0.2) is 4.39 Å². The van der Waals surface area contributed by atoms with Gasteiger partial charge in [0.25, 0.3) is 0 Å². The molecule has 2 aromatic rings. The van der Waals surface area contributed by atoms with Gasteiger partial charge in [0.1, 0.15) is 11.9 Å². The number of halogens is 2. The van der Waals surface area contributed by atoms with Crippen LogP contribution in [-0.2, 0) is 0 Å². The monoisotopic (exact) mass is 251 g/mol. The quantitative estimate of drug-likeness (QED) is 0.889. The van der Waals surface area contributed by atoms with Gasteiger partial charge in [0.2, 0.25) is 0 Å². The van der Waals surface area contributed by atoms with Crippen LogP contribution < -0.4 is 0 Å². The van der Waals surface area contributed by atoms with Gasteiger partial charge >= 0.3 is 0 Å². The first-order chi connectivity index (χ1) is 8.09. The van der Waals surface area contributed by atoms with Crippen LogP contribution >= 0.6 is 11.6 Å². The molecule has 0 saturated heterocycles. The van der Waals surface area contributed by atoms with Gasteiger partial charge in [-0.15, -0.1) is 0 Å². The van der Waals surface area contributed by atoms with E-state index in [1.54, 1.807) is 24.4 Å². The van der Waals surface area contributed by atoms with Gasteiger partial charge in [0.15, 0.2) is 0 Å². The molecule has 4 heteroatoms. The molecule has 0 fully saturated rings. The number of hydrogen-bond donors (Lipinski definition) is 1. The lowest BCUT2D eigenvalue weighted by molar-refractivity contribution is 0.219. The van der Waals surface area contributed by atoms with E-state index in [4.69, 9.17) is 11.6 Å². The molecular weight excluding hydrogens is 241 g/mol. The number of aromatic nitrogens is 1. The van der Waals surface area contributed by atoms with Gasteiger partial charge < -0.3 is 5.11 Å². The van der Waals surface area contributed by atoms with Crippen LogP contribution in [0.4, 0.5) is 4.39 Å². The number of aliphatic hydroxyl groups is 1. The van der Waals surface area contributed by atoms with Gasteiger partial charge in [-0.05, 0) is 19.1 Å². The maximum Gasteiger partial charge on any atom is 0.142 e. The number of benzene rings is 1. The molecule has 0 saturated carbocycles. The topological polar surface area (TPSA) is 33.1 Å². The lowest BCUT2D eigenvalue weighted by atomic mass is 10.0. The number of aryl methyl sites for hydroxylation is 1. The number of pyridine rings is 1. The molecule has 2 nitrogen and oxygen atoms in total. The smallest absolute Gasteiger partial charge is 0.142 e. The highest BCUT2D eigenvalue weighted by molar-refractivity contribution is 6.31. The molecule has 1 unspecified atom stereocenters. The summed E-state index contributed by atoms with van der Waals surface area (Å²) in [5.74, 6) is -0.539. The maximum atomic E-state index is 13.3. The second-order valence-corrected chi connectivity index (χ2v) is 4.16. The fraction of sp³-hybridized carbons (Fsp3) is 0.154. The van der Waals surface area contributed by atoms with Gasteiger partial charge in [-0.1, -0.05) is 29.8 Å². The van der Waals surface area contributed by atoms with E-state index < -0.39 is 11.9 Å². The highest BCUT2D eigenvalue weighted by Gasteiger charge is 2.16. The number of nitrogens with zero attached hydrogens (tertiary/aromatic N) is 1. The predicted octanol–water partition coefficient (Wildman–Crippen LogP) is 3.26. The van der Waals surface area contributed by atoms with Gasteiger partial charge in [0, 0.05) is 23.0 Å². The lowest BCUT2D eigenvalue weighted by Gasteiger charge is -2.13. The summed E-state index contributed by atoms with van der Waals surface area (Å²) in [6.07, 6.45) is 0.590. The summed E-state index contributed by atoms with van der Waals surface area (Å²) in [6, 6.07) is 7.89. The second-order valence-electron chi connectivity index (χ2n) is 3.78. The molecule has 0 spiro atoms. The maximum absolute atomic E-state index is 13.3. The summed E-state index contributed by atoms with van der Waals surface area (Å²) < 4.78 is 13.3. The van der Waals surface area contributed by atoms with Gasteiger partial charge in [0.05, 0.1) is 5.02 Å². The molecule has 1 aromatic carbocycles. The first-order valence-corrected chi connectivity index (χ1v) is 5.52. The Kier molecular flexibility index (Phi) is 3.41. The van der Waals surface area contributed by atoms with Crippen molar-refractivity contribution in [3.8, 4) is 0 Å². The van der Waals surface area contributed by atoms with Crippen LogP contribution in [0.3, 0.4) is 0 Å². The summed E-state index contributed by atoms with van der Waals surface area (Å²) in [5.41, 5.74) is 1.78. The third kappa shape index (κ3) is 2.46. The molecule has 1 atom stereocenters. The van der Waals surface area contributed by atoms with E-state index in [0.29, 0.717) is 11.1 Å². The summed E-state index contributed by atoms with van der Waals surface area (Å²) in [7, 11) is 0. The Morgan fingerprint density at radius 3 is 2.71 bits per heavy atom. The average molecular weight is 252 g/mol. The first kappa shape index (κ1) is 12.0. The molecule has 0 aliphatic rings. The Morgan fingerprint density at radius 1 is 1.29 bits per heavy atom. The molecule has 0 aliphatic heterocycles.